The minimum absolute atomic E-state index is 0.681. The molecule has 0 aromatic carbocycles. The Morgan fingerprint density at radius 2 is 1.67 bits per heavy atom. The molecule has 7 atom stereocenters. The Morgan fingerprint density at radius 3 is 2.20 bits per heavy atom. The lowest BCUT2D eigenvalue weighted by molar-refractivity contribution is -0.277. The van der Waals surface area contributed by atoms with E-state index in [4.69, 9.17) is 0 Å². The van der Waals surface area contributed by atoms with Crippen molar-refractivity contribution in [3.8, 4) is 0 Å². The topological polar surface area (TPSA) is 0 Å². The standard InChI is InChI=1S/C15H24/c1-9-6-11-13(9,4)12(3)8-15(11)7-10(2)14(12,15)5/h9-11H,6-8H2,1-5H3. The summed E-state index contributed by atoms with van der Waals surface area (Å²) in [7, 11) is 0. The molecule has 0 aromatic heterocycles. The lowest BCUT2D eigenvalue weighted by Crippen LogP contribution is -2.69. The second-order valence-corrected chi connectivity index (χ2v) is 7.94. The van der Waals surface area contributed by atoms with Crippen LogP contribution in [0.5, 0.6) is 0 Å². The summed E-state index contributed by atoms with van der Waals surface area (Å²) in [6, 6.07) is 0. The Labute approximate surface area is 93.8 Å². The summed E-state index contributed by atoms with van der Waals surface area (Å²) in [6.07, 6.45) is 4.65. The summed E-state index contributed by atoms with van der Waals surface area (Å²) in [5, 5.41) is 0. The van der Waals surface area contributed by atoms with Crippen LogP contribution in [0.4, 0.5) is 0 Å². The van der Waals surface area contributed by atoms with Gasteiger partial charge in [0.05, 0.1) is 0 Å². The van der Waals surface area contributed by atoms with Gasteiger partial charge in [0.2, 0.25) is 0 Å². The van der Waals surface area contributed by atoms with Gasteiger partial charge in [-0.25, -0.2) is 0 Å². The summed E-state index contributed by atoms with van der Waals surface area (Å²) in [5.74, 6) is 3.07. The predicted octanol–water partition coefficient (Wildman–Crippen LogP) is 4.10. The zero-order valence-electron chi connectivity index (χ0n) is 10.9. The van der Waals surface area contributed by atoms with Crippen LogP contribution in [0.25, 0.3) is 0 Å². The fourth-order valence-corrected chi connectivity index (χ4v) is 7.51. The average Bonchev–Trinajstić information content (AvgIpc) is 2.40. The van der Waals surface area contributed by atoms with Crippen molar-refractivity contribution >= 4 is 0 Å². The molecule has 0 saturated heterocycles. The highest BCUT2D eigenvalue weighted by atomic mass is 15.0. The van der Waals surface area contributed by atoms with E-state index in [9.17, 15) is 0 Å². The van der Waals surface area contributed by atoms with Crippen molar-refractivity contribution < 1.29 is 0 Å². The Balaban J connectivity index is 1.93. The van der Waals surface area contributed by atoms with Gasteiger partial charge < -0.3 is 0 Å². The predicted molar refractivity (Wildman–Crippen MR) is 62.4 cm³/mol. The first-order valence-electron chi connectivity index (χ1n) is 6.84. The monoisotopic (exact) mass is 204 g/mol. The molecule has 4 saturated carbocycles. The Kier molecular flexibility index (Phi) is 1.10. The minimum atomic E-state index is 0.681. The van der Waals surface area contributed by atoms with E-state index < -0.39 is 0 Å². The van der Waals surface area contributed by atoms with E-state index in [2.05, 4.69) is 34.6 Å². The van der Waals surface area contributed by atoms with Gasteiger partial charge in [0, 0.05) is 0 Å². The fourth-order valence-electron chi connectivity index (χ4n) is 7.51. The van der Waals surface area contributed by atoms with Crippen LogP contribution in [0.3, 0.4) is 0 Å². The molecule has 4 rings (SSSR count). The van der Waals surface area contributed by atoms with Gasteiger partial charge in [-0.05, 0) is 58.7 Å². The third-order valence-corrected chi connectivity index (χ3v) is 8.70. The largest absolute Gasteiger partial charge is 0.0619 e. The summed E-state index contributed by atoms with van der Waals surface area (Å²) >= 11 is 0. The summed E-state index contributed by atoms with van der Waals surface area (Å²) in [4.78, 5) is 0. The first-order chi connectivity index (χ1) is 6.84. The SMILES string of the molecule is CC1CC2C34CC(C)C3(C)C(C)(C4)C12C. The summed E-state index contributed by atoms with van der Waals surface area (Å²) < 4.78 is 0. The molecule has 0 heteroatoms. The molecular formula is C15H24. The van der Waals surface area contributed by atoms with Crippen LogP contribution >= 0.6 is 0 Å². The normalized spacial score (nSPS) is 78.6. The van der Waals surface area contributed by atoms with Crippen molar-refractivity contribution in [1.82, 2.24) is 0 Å². The zero-order chi connectivity index (χ0) is 10.9. The molecule has 7 unspecified atom stereocenters. The van der Waals surface area contributed by atoms with Crippen molar-refractivity contribution in [2.45, 2.75) is 53.9 Å². The molecule has 0 spiro atoms. The highest BCUT2D eigenvalue weighted by Crippen LogP contribution is 2.99. The second kappa shape index (κ2) is 1.83. The van der Waals surface area contributed by atoms with E-state index in [1.54, 1.807) is 12.8 Å². The fraction of sp³-hybridized carbons (Fsp3) is 1.00. The van der Waals surface area contributed by atoms with Crippen LogP contribution in [-0.4, -0.2) is 0 Å². The molecule has 0 radical (unpaired) electrons. The van der Waals surface area contributed by atoms with Crippen LogP contribution < -0.4 is 0 Å². The Bertz CT molecular complexity index is 360. The van der Waals surface area contributed by atoms with E-state index in [1.807, 2.05) is 0 Å². The first-order valence-corrected chi connectivity index (χ1v) is 6.84. The summed E-state index contributed by atoms with van der Waals surface area (Å²) in [5.41, 5.74) is 2.90. The Morgan fingerprint density at radius 1 is 1.00 bits per heavy atom. The molecule has 0 nitrogen and oxygen atoms in total. The van der Waals surface area contributed by atoms with E-state index >= 15 is 0 Å². The third kappa shape index (κ3) is 0.463. The number of hydrogen-bond acceptors (Lipinski definition) is 0. The molecule has 0 aliphatic heterocycles. The van der Waals surface area contributed by atoms with Crippen LogP contribution in [0.15, 0.2) is 0 Å². The zero-order valence-corrected chi connectivity index (χ0v) is 10.9. The minimum Gasteiger partial charge on any atom is -0.0619 e. The number of rotatable bonds is 0. The lowest BCUT2D eigenvalue weighted by atomic mass is 9.28. The van der Waals surface area contributed by atoms with Crippen molar-refractivity contribution in [2.24, 2.45) is 39.4 Å². The van der Waals surface area contributed by atoms with Gasteiger partial charge in [-0.1, -0.05) is 34.6 Å². The molecule has 4 aliphatic carbocycles. The molecule has 0 N–H and O–H groups in total. The van der Waals surface area contributed by atoms with Gasteiger partial charge in [-0.15, -0.1) is 0 Å². The lowest BCUT2D eigenvalue weighted by Gasteiger charge is -2.76. The van der Waals surface area contributed by atoms with E-state index in [0.717, 1.165) is 23.2 Å². The highest BCUT2D eigenvalue weighted by molar-refractivity contribution is 5.40. The second-order valence-electron chi connectivity index (χ2n) is 7.94. The molecule has 0 amide bonds. The van der Waals surface area contributed by atoms with Crippen molar-refractivity contribution in [3.63, 3.8) is 0 Å². The molecule has 0 heterocycles. The van der Waals surface area contributed by atoms with Gasteiger partial charge in [0.15, 0.2) is 0 Å². The maximum Gasteiger partial charge on any atom is -0.0181 e. The molecule has 4 aliphatic rings. The van der Waals surface area contributed by atoms with Crippen LogP contribution in [0, 0.1) is 39.4 Å². The van der Waals surface area contributed by atoms with Crippen LogP contribution in [0.1, 0.15) is 53.9 Å². The first kappa shape index (κ1) is 9.07. The van der Waals surface area contributed by atoms with Gasteiger partial charge in [0.25, 0.3) is 0 Å². The molecule has 4 fully saturated rings. The quantitative estimate of drug-likeness (QED) is 0.557. The maximum atomic E-state index is 2.63. The van der Waals surface area contributed by atoms with Gasteiger partial charge in [-0.3, -0.25) is 0 Å². The van der Waals surface area contributed by atoms with Gasteiger partial charge >= 0.3 is 0 Å². The summed E-state index contributed by atoms with van der Waals surface area (Å²) in [6.45, 7) is 12.9. The number of fused-ring (bicyclic) bond motifs is 2. The number of hydrogen-bond donors (Lipinski definition) is 0. The maximum absolute atomic E-state index is 2.63. The molecule has 2 bridgehead atoms. The van der Waals surface area contributed by atoms with Crippen LogP contribution in [-0.2, 0) is 0 Å². The van der Waals surface area contributed by atoms with Crippen LogP contribution in [0.2, 0.25) is 0 Å². The van der Waals surface area contributed by atoms with Crippen molar-refractivity contribution in [1.29, 1.82) is 0 Å². The smallest absolute Gasteiger partial charge is 0.0181 e. The average molecular weight is 204 g/mol. The molecular weight excluding hydrogens is 180 g/mol. The highest BCUT2D eigenvalue weighted by Gasteiger charge is 2.93. The van der Waals surface area contributed by atoms with E-state index in [-0.39, 0.29) is 0 Å². The Hall–Kier alpha value is 0. The van der Waals surface area contributed by atoms with Crippen molar-refractivity contribution in [2.75, 3.05) is 0 Å². The van der Waals surface area contributed by atoms with E-state index in [1.165, 1.54) is 6.42 Å². The third-order valence-electron chi connectivity index (χ3n) is 8.70. The van der Waals surface area contributed by atoms with Gasteiger partial charge in [0.1, 0.15) is 0 Å². The van der Waals surface area contributed by atoms with Crippen molar-refractivity contribution in [3.05, 3.63) is 0 Å². The molecule has 84 valence electrons. The molecule has 0 aromatic rings. The van der Waals surface area contributed by atoms with E-state index in [0.29, 0.717) is 16.2 Å². The molecule has 15 heavy (non-hydrogen) atoms. The van der Waals surface area contributed by atoms with Gasteiger partial charge in [-0.2, -0.15) is 0 Å².